The van der Waals surface area contributed by atoms with Crippen LogP contribution in [0.4, 0.5) is 0 Å². The molecule has 3 N–H and O–H groups in total. The molecule has 1 heterocycles. The van der Waals surface area contributed by atoms with Crippen LogP contribution < -0.4 is 5.73 Å². The second-order valence-electron chi connectivity index (χ2n) is 11.8. The van der Waals surface area contributed by atoms with Crippen LogP contribution in [0.15, 0.2) is 42.5 Å². The zero-order valence-electron chi connectivity index (χ0n) is 23.8. The monoisotopic (exact) mass is 554 g/mol. The predicted molar refractivity (Wildman–Crippen MR) is 160 cm³/mol. The number of hydrogen-bond acceptors (Lipinski definition) is 4. The lowest BCUT2D eigenvalue weighted by atomic mass is 9.72. The van der Waals surface area contributed by atoms with Crippen molar-refractivity contribution in [3.8, 4) is 11.1 Å². The second kappa shape index (κ2) is 14.1. The summed E-state index contributed by atoms with van der Waals surface area (Å²) >= 11 is 6.88. The van der Waals surface area contributed by atoms with Gasteiger partial charge < -0.3 is 20.5 Å². The number of benzene rings is 2. The van der Waals surface area contributed by atoms with E-state index in [1.54, 1.807) is 7.11 Å². The van der Waals surface area contributed by atoms with E-state index in [2.05, 4.69) is 31.2 Å². The molecule has 2 atom stereocenters. The highest BCUT2D eigenvalue weighted by Gasteiger charge is 2.43. The molecule has 1 aliphatic carbocycles. The Morgan fingerprint density at radius 3 is 2.64 bits per heavy atom. The Kier molecular flexibility index (Phi) is 10.9. The smallest absolute Gasteiger partial charge is 0.222 e. The van der Waals surface area contributed by atoms with Crippen molar-refractivity contribution in [2.45, 2.75) is 89.2 Å². The van der Waals surface area contributed by atoms with Crippen molar-refractivity contribution in [2.75, 3.05) is 26.8 Å². The van der Waals surface area contributed by atoms with Gasteiger partial charge in [0.2, 0.25) is 5.91 Å². The molecule has 0 bridgehead atoms. The van der Waals surface area contributed by atoms with Gasteiger partial charge in [0.15, 0.2) is 0 Å². The molecule has 1 saturated heterocycles. The third-order valence-electron chi connectivity index (χ3n) is 9.06. The summed E-state index contributed by atoms with van der Waals surface area (Å²) in [6.45, 7) is 4.15. The predicted octanol–water partition coefficient (Wildman–Crippen LogP) is 6.72. The maximum atomic E-state index is 13.4. The Morgan fingerprint density at radius 2 is 1.90 bits per heavy atom. The van der Waals surface area contributed by atoms with Crippen LogP contribution >= 0.6 is 11.6 Å². The summed E-state index contributed by atoms with van der Waals surface area (Å²) in [5.41, 5.74) is 9.04. The number of carbonyl (C=O) groups is 1. The number of aliphatic hydroxyl groups is 1. The molecule has 1 amide bonds. The first kappa shape index (κ1) is 30.0. The fraction of sp³-hybridized carbons (Fsp3) is 0.606. The fourth-order valence-corrected chi connectivity index (χ4v) is 6.97. The number of carbonyl (C=O) groups excluding carboxylic acids is 1. The van der Waals surface area contributed by atoms with E-state index in [-0.39, 0.29) is 17.9 Å². The molecule has 2 aliphatic rings. The lowest BCUT2D eigenvalue weighted by molar-refractivity contribution is -0.138. The van der Waals surface area contributed by atoms with Gasteiger partial charge in [-0.15, -0.1) is 0 Å². The first-order valence-corrected chi connectivity index (χ1v) is 15.4. The molecule has 0 radical (unpaired) electrons. The Balaban J connectivity index is 1.63. The quantitative estimate of drug-likeness (QED) is 0.302. The van der Waals surface area contributed by atoms with Crippen LogP contribution in [0.2, 0.25) is 5.02 Å². The minimum Gasteiger partial charge on any atom is -0.385 e. The van der Waals surface area contributed by atoms with Gasteiger partial charge in [0.25, 0.3) is 0 Å². The van der Waals surface area contributed by atoms with Crippen LogP contribution in [0.1, 0.15) is 82.3 Å². The fourth-order valence-electron chi connectivity index (χ4n) is 6.69. The van der Waals surface area contributed by atoms with Gasteiger partial charge in [0.1, 0.15) is 0 Å². The molecule has 2 unspecified atom stereocenters. The number of ether oxygens (including phenoxy) is 1. The summed E-state index contributed by atoms with van der Waals surface area (Å²) in [7, 11) is 1.71. The van der Waals surface area contributed by atoms with Gasteiger partial charge in [0, 0.05) is 55.8 Å². The second-order valence-corrected chi connectivity index (χ2v) is 12.2. The van der Waals surface area contributed by atoms with Gasteiger partial charge >= 0.3 is 0 Å². The van der Waals surface area contributed by atoms with Crippen molar-refractivity contribution < 1.29 is 14.6 Å². The highest BCUT2D eigenvalue weighted by Crippen LogP contribution is 2.46. The van der Waals surface area contributed by atoms with E-state index < -0.39 is 5.60 Å². The van der Waals surface area contributed by atoms with Gasteiger partial charge in [-0.3, -0.25) is 4.79 Å². The van der Waals surface area contributed by atoms with Gasteiger partial charge in [-0.05, 0) is 92.9 Å². The van der Waals surface area contributed by atoms with E-state index in [1.165, 1.54) is 5.56 Å². The lowest BCUT2D eigenvalue weighted by Crippen LogP contribution is -2.48. The van der Waals surface area contributed by atoms with E-state index >= 15 is 0 Å². The average molecular weight is 555 g/mol. The summed E-state index contributed by atoms with van der Waals surface area (Å²) in [6, 6.07) is 14.7. The molecule has 39 heavy (non-hydrogen) atoms. The number of piperidine rings is 1. The SMILES string of the molecule is CCc1cccc(-c2c(Cl)cccc2C(O)(CCCCOC)C2CCCN(C(=O)C[C@H]3CC[C@H](N)CC3)C2)c1. The van der Waals surface area contributed by atoms with Gasteiger partial charge in [0.05, 0.1) is 5.60 Å². The number of amides is 1. The molecule has 214 valence electrons. The molecule has 4 rings (SSSR count). The van der Waals surface area contributed by atoms with Gasteiger partial charge in [-0.1, -0.05) is 54.9 Å². The number of halogens is 1. The van der Waals surface area contributed by atoms with E-state index in [0.29, 0.717) is 36.9 Å². The van der Waals surface area contributed by atoms with Crippen LogP contribution in [-0.4, -0.2) is 48.8 Å². The van der Waals surface area contributed by atoms with Crippen molar-refractivity contribution in [3.63, 3.8) is 0 Å². The van der Waals surface area contributed by atoms with Gasteiger partial charge in [-0.2, -0.15) is 0 Å². The molecule has 5 nitrogen and oxygen atoms in total. The zero-order valence-corrected chi connectivity index (χ0v) is 24.6. The standard InChI is InChI=1S/C33H47ClN2O3/c1-3-24-9-6-10-26(21-24)32-29(12-7-13-30(32)34)33(38,18-4-5-20-39-2)27-11-8-19-36(23-27)31(37)22-25-14-16-28(35)17-15-25/h6-7,9-10,12-13,21,25,27-28,38H,3-5,8,11,14-20,22-23,35H2,1-2H3/t25-,27?,28-,33?. The minimum absolute atomic E-state index is 0.0657. The van der Waals surface area contributed by atoms with Crippen molar-refractivity contribution in [3.05, 3.63) is 58.6 Å². The number of aryl methyl sites for hydroxylation is 1. The summed E-state index contributed by atoms with van der Waals surface area (Å²) in [5.74, 6) is 0.587. The number of likely N-dealkylation sites (tertiary alicyclic amines) is 1. The van der Waals surface area contributed by atoms with E-state index in [1.807, 2.05) is 23.1 Å². The number of unbranched alkanes of at least 4 members (excludes halogenated alkanes) is 1. The molecule has 2 aromatic rings. The maximum Gasteiger partial charge on any atom is 0.222 e. The van der Waals surface area contributed by atoms with Crippen LogP contribution in [0.25, 0.3) is 11.1 Å². The average Bonchev–Trinajstić information content (AvgIpc) is 2.96. The number of rotatable bonds is 11. The number of nitrogens with two attached hydrogens (primary N) is 1. The Morgan fingerprint density at radius 1 is 1.13 bits per heavy atom. The highest BCUT2D eigenvalue weighted by atomic mass is 35.5. The number of nitrogens with zero attached hydrogens (tertiary/aromatic N) is 1. The first-order valence-electron chi connectivity index (χ1n) is 15.0. The molecule has 6 heteroatoms. The van der Waals surface area contributed by atoms with Crippen molar-refractivity contribution in [1.82, 2.24) is 4.90 Å². The number of hydrogen-bond donors (Lipinski definition) is 2. The zero-order chi connectivity index (χ0) is 27.8. The van der Waals surface area contributed by atoms with E-state index in [9.17, 15) is 9.90 Å². The minimum atomic E-state index is -1.10. The summed E-state index contributed by atoms with van der Waals surface area (Å²) < 4.78 is 5.31. The van der Waals surface area contributed by atoms with Crippen molar-refractivity contribution in [2.24, 2.45) is 17.6 Å². The number of methoxy groups -OCH3 is 1. The van der Waals surface area contributed by atoms with Crippen molar-refractivity contribution >= 4 is 17.5 Å². The summed E-state index contributed by atoms with van der Waals surface area (Å²) in [6.07, 6.45) is 9.71. The van der Waals surface area contributed by atoms with Crippen LogP contribution in [-0.2, 0) is 21.6 Å². The van der Waals surface area contributed by atoms with Crippen LogP contribution in [0.3, 0.4) is 0 Å². The Hall–Kier alpha value is -1.92. The molecule has 0 spiro atoms. The van der Waals surface area contributed by atoms with Crippen LogP contribution in [0, 0.1) is 11.8 Å². The lowest BCUT2D eigenvalue weighted by Gasteiger charge is -2.44. The molecule has 2 fully saturated rings. The topological polar surface area (TPSA) is 75.8 Å². The third-order valence-corrected chi connectivity index (χ3v) is 9.38. The Labute approximate surface area is 240 Å². The highest BCUT2D eigenvalue weighted by molar-refractivity contribution is 6.33. The summed E-state index contributed by atoms with van der Waals surface area (Å²) in [5, 5.41) is 13.3. The maximum absolute atomic E-state index is 13.4. The summed E-state index contributed by atoms with van der Waals surface area (Å²) in [4.78, 5) is 15.5. The van der Waals surface area contributed by atoms with Crippen LogP contribution in [0.5, 0.6) is 0 Å². The molecule has 2 aromatic carbocycles. The van der Waals surface area contributed by atoms with Gasteiger partial charge in [-0.25, -0.2) is 0 Å². The van der Waals surface area contributed by atoms with E-state index in [4.69, 9.17) is 22.1 Å². The molecule has 1 aliphatic heterocycles. The molecule has 1 saturated carbocycles. The van der Waals surface area contributed by atoms with Crippen molar-refractivity contribution in [1.29, 1.82) is 0 Å². The third kappa shape index (κ3) is 7.43. The molecule has 0 aromatic heterocycles. The molecular weight excluding hydrogens is 508 g/mol. The Bertz CT molecular complexity index is 1080. The first-order chi connectivity index (χ1) is 18.9. The molecular formula is C33H47ClN2O3. The largest absolute Gasteiger partial charge is 0.385 e. The van der Waals surface area contributed by atoms with E-state index in [0.717, 1.165) is 81.0 Å². The normalized spacial score (nSPS) is 23.4.